The largest absolute Gasteiger partial charge is 0.377 e. The van der Waals surface area contributed by atoms with Crippen LogP contribution in [0.5, 0.6) is 0 Å². The molecule has 0 bridgehead atoms. The van der Waals surface area contributed by atoms with Crippen molar-refractivity contribution in [3.05, 3.63) is 0 Å². The summed E-state index contributed by atoms with van der Waals surface area (Å²) in [6, 6.07) is 0. The molecule has 0 radical (unpaired) electrons. The van der Waals surface area contributed by atoms with E-state index in [-0.39, 0.29) is 25.2 Å². The Hall–Kier alpha value is -1.53. The Morgan fingerprint density at radius 3 is 1.53 bits per heavy atom. The summed E-state index contributed by atoms with van der Waals surface area (Å²) in [6.45, 7) is -0.0282. The van der Waals surface area contributed by atoms with Crippen LogP contribution in [0.4, 0.5) is 41.1 Å². The van der Waals surface area contributed by atoms with E-state index in [0.717, 1.165) is 5.54 Å². The maximum atomic E-state index is 11.3. The molecule has 0 rings (SSSR count). The van der Waals surface area contributed by atoms with Gasteiger partial charge in [-0.1, -0.05) is 0 Å². The van der Waals surface area contributed by atoms with Crippen molar-refractivity contribution >= 4 is 11.7 Å². The minimum Gasteiger partial charge on any atom is -0.377 e. The standard InChI is InChI=1S/C6H10FNO3.4F2/c1-11-4-5(9)2-3-6(10)8-7;4*1-2/h2-4H2,1H3,(H,8,10);;;;. The fraction of sp³-hybridized carbons (Fsp3) is 0.667. The van der Waals surface area contributed by atoms with E-state index in [1.165, 1.54) is 7.11 Å². The summed E-state index contributed by atoms with van der Waals surface area (Å²) < 4.78 is 79.8. The normalized spacial score (nSPS) is 6.63. The van der Waals surface area contributed by atoms with Crippen LogP contribution in [0.1, 0.15) is 12.8 Å². The molecule has 0 saturated heterocycles. The van der Waals surface area contributed by atoms with Crippen LogP contribution in [0.25, 0.3) is 0 Å². The van der Waals surface area contributed by atoms with Crippen LogP contribution < -0.4 is 5.54 Å². The first-order valence-corrected chi connectivity index (χ1v) is 3.68. The summed E-state index contributed by atoms with van der Waals surface area (Å²) in [5, 5.41) is 0. The Bertz CT molecular complexity index is 163. The molecule has 1 N–H and O–H groups in total. The molecule has 0 aliphatic heterocycles. The van der Waals surface area contributed by atoms with Gasteiger partial charge in [-0.2, -0.15) is 5.54 Å². The summed E-state index contributed by atoms with van der Waals surface area (Å²) in [6.07, 6.45) is -0.109. The third-order valence-electron chi connectivity index (χ3n) is 1.04. The summed E-state index contributed by atoms with van der Waals surface area (Å²) in [5.41, 5.74) is 0.930. The third-order valence-corrected chi connectivity index (χ3v) is 1.04. The van der Waals surface area contributed by atoms with E-state index >= 15 is 0 Å². The molecular weight excluding hydrogens is 305 g/mol. The molecule has 0 aliphatic rings. The molecule has 0 aromatic carbocycles. The second kappa shape index (κ2) is 44.0. The maximum Gasteiger partial charge on any atom is 0.248 e. The molecule has 0 fully saturated rings. The van der Waals surface area contributed by atoms with Gasteiger partial charge in [0.25, 0.3) is 0 Å². The Morgan fingerprint density at radius 1 is 0.895 bits per heavy atom. The quantitative estimate of drug-likeness (QED) is 0.625. The minimum absolute atomic E-state index is 0.0175. The van der Waals surface area contributed by atoms with Crippen molar-refractivity contribution in [2.45, 2.75) is 12.8 Å². The topological polar surface area (TPSA) is 55.4 Å². The molecule has 0 saturated carbocycles. The zero-order valence-electron chi connectivity index (χ0n) is 9.25. The first-order chi connectivity index (χ1) is 9.20. The first kappa shape index (κ1) is 30.5. The number of Topliss-reactive ketones (excluding diaryl/α,β-unsaturated/α-hetero) is 1. The lowest BCUT2D eigenvalue weighted by Crippen LogP contribution is -2.16. The number of carbonyl (C=O) groups excluding carboxylic acids is 2. The van der Waals surface area contributed by atoms with Crippen molar-refractivity contribution in [2.24, 2.45) is 0 Å². The molecule has 0 aliphatic carbocycles. The second-order valence-corrected chi connectivity index (χ2v) is 1.99. The van der Waals surface area contributed by atoms with Gasteiger partial charge >= 0.3 is 0 Å². The Balaban J connectivity index is -0.0000000693. The van der Waals surface area contributed by atoms with Crippen molar-refractivity contribution in [3.8, 4) is 0 Å². The molecule has 13 heteroatoms. The van der Waals surface area contributed by atoms with E-state index in [9.17, 15) is 14.1 Å². The number of hydrogen-bond donors (Lipinski definition) is 1. The number of hydrogen-bond acceptors (Lipinski definition) is 3. The number of methoxy groups -OCH3 is 1. The third kappa shape index (κ3) is 48.1. The summed E-state index contributed by atoms with van der Waals surface area (Å²) in [5.74, 6) is -0.995. The van der Waals surface area contributed by atoms with Gasteiger partial charge in [-0.3, -0.25) is 9.59 Å². The van der Waals surface area contributed by atoms with Gasteiger partial charge in [0.15, 0.2) is 5.78 Å². The van der Waals surface area contributed by atoms with Crippen LogP contribution in [0.2, 0.25) is 0 Å². The van der Waals surface area contributed by atoms with E-state index in [2.05, 4.69) is 4.74 Å². The summed E-state index contributed by atoms with van der Waals surface area (Å²) in [7, 11) is 1.38. The highest BCUT2D eigenvalue weighted by molar-refractivity contribution is 5.85. The van der Waals surface area contributed by atoms with Crippen molar-refractivity contribution in [1.82, 2.24) is 5.54 Å². The minimum atomic E-state index is -0.783. The molecule has 0 atom stereocenters. The van der Waals surface area contributed by atoms with E-state index in [1.807, 2.05) is 0 Å². The second-order valence-electron chi connectivity index (χ2n) is 1.99. The fourth-order valence-corrected chi connectivity index (χ4v) is 0.533. The molecule has 4 nitrogen and oxygen atoms in total. The van der Waals surface area contributed by atoms with Crippen LogP contribution in [0.3, 0.4) is 0 Å². The lowest BCUT2D eigenvalue weighted by molar-refractivity contribution is -0.129. The van der Waals surface area contributed by atoms with E-state index in [0.29, 0.717) is 0 Å². The van der Waals surface area contributed by atoms with Crippen molar-refractivity contribution in [2.75, 3.05) is 13.7 Å². The highest BCUT2D eigenvalue weighted by Crippen LogP contribution is 1.91. The molecule has 0 spiro atoms. The monoisotopic (exact) mass is 315 g/mol. The van der Waals surface area contributed by atoms with E-state index < -0.39 is 5.91 Å². The molecule has 0 aromatic heterocycles. The van der Waals surface area contributed by atoms with Gasteiger partial charge in [0.2, 0.25) is 5.91 Å². The molecular formula is C6H10F9NO3. The Morgan fingerprint density at radius 2 is 1.26 bits per heavy atom. The average Bonchev–Trinajstić information content (AvgIpc) is 2.53. The van der Waals surface area contributed by atoms with Gasteiger partial charge in [0, 0.05) is 56.5 Å². The van der Waals surface area contributed by atoms with Crippen LogP contribution in [-0.4, -0.2) is 25.4 Å². The van der Waals surface area contributed by atoms with E-state index in [1.54, 1.807) is 0 Å². The molecule has 1 amide bonds. The lowest BCUT2D eigenvalue weighted by atomic mass is 10.2. The number of carbonyl (C=O) groups is 2. The zero-order chi connectivity index (χ0) is 16.7. The zero-order valence-corrected chi connectivity index (χ0v) is 9.25. The molecule has 0 heterocycles. The average molecular weight is 315 g/mol. The Kier molecular flexibility index (Phi) is 70.5. The fourth-order valence-electron chi connectivity index (χ4n) is 0.533. The highest BCUT2D eigenvalue weighted by Gasteiger charge is 2.05. The van der Waals surface area contributed by atoms with Gasteiger partial charge in [-0.15, -0.1) is 4.48 Å². The van der Waals surface area contributed by atoms with E-state index in [4.69, 9.17) is 36.6 Å². The number of amides is 1. The maximum absolute atomic E-state index is 11.3. The smallest absolute Gasteiger partial charge is 0.248 e. The van der Waals surface area contributed by atoms with Gasteiger partial charge in [-0.05, 0) is 0 Å². The van der Waals surface area contributed by atoms with Gasteiger partial charge in [0.1, 0.15) is 6.61 Å². The lowest BCUT2D eigenvalue weighted by Gasteiger charge is -1.96. The molecule has 120 valence electrons. The van der Waals surface area contributed by atoms with Crippen molar-refractivity contribution in [3.63, 3.8) is 0 Å². The predicted octanol–water partition coefficient (Wildman–Crippen LogP) is 3.34. The number of halogens is 9. The van der Waals surface area contributed by atoms with Crippen LogP contribution >= 0.6 is 0 Å². The number of nitrogens with one attached hydrogen (secondary N) is 1. The van der Waals surface area contributed by atoms with Gasteiger partial charge < -0.3 is 4.74 Å². The van der Waals surface area contributed by atoms with Gasteiger partial charge in [-0.25, -0.2) is 0 Å². The van der Waals surface area contributed by atoms with Crippen molar-refractivity contribution < 1.29 is 55.4 Å². The summed E-state index contributed by atoms with van der Waals surface area (Å²) >= 11 is 0. The molecule has 0 aromatic rings. The summed E-state index contributed by atoms with van der Waals surface area (Å²) in [4.78, 5) is 20.9. The van der Waals surface area contributed by atoms with Crippen LogP contribution in [0.15, 0.2) is 0 Å². The molecule has 19 heavy (non-hydrogen) atoms. The first-order valence-electron chi connectivity index (χ1n) is 3.68. The van der Waals surface area contributed by atoms with Crippen molar-refractivity contribution in [1.29, 1.82) is 0 Å². The Labute approximate surface area is 100 Å². The van der Waals surface area contributed by atoms with Crippen LogP contribution in [-0.2, 0) is 14.3 Å². The highest BCUT2D eigenvalue weighted by atomic mass is 20.0. The number of ketones is 1. The molecule has 0 unspecified atom stereocenters. The SMILES string of the molecule is COCC(=O)CCC(=O)NF.FF.FF.FF.FF. The number of rotatable bonds is 5. The number of ether oxygens (including phenoxy) is 1. The van der Waals surface area contributed by atoms with Gasteiger partial charge in [0.05, 0.1) is 0 Å². The van der Waals surface area contributed by atoms with Crippen LogP contribution in [0, 0.1) is 0 Å². The predicted molar refractivity (Wildman–Crippen MR) is 44.2 cm³/mol.